The largest absolute Gasteiger partial charge is 0.355 e. The number of hydrogen-bond donors (Lipinski definition) is 3. The van der Waals surface area contributed by atoms with Gasteiger partial charge in [-0.3, -0.25) is 4.79 Å². The van der Waals surface area contributed by atoms with Crippen LogP contribution in [0.15, 0.2) is 36.4 Å². The van der Waals surface area contributed by atoms with Crippen molar-refractivity contribution in [3.8, 4) is 0 Å². The van der Waals surface area contributed by atoms with Gasteiger partial charge in [0, 0.05) is 50.2 Å². The van der Waals surface area contributed by atoms with Crippen molar-refractivity contribution in [2.45, 2.75) is 6.42 Å². The van der Waals surface area contributed by atoms with Gasteiger partial charge < -0.3 is 20.5 Å². The molecule has 140 valence electrons. The van der Waals surface area contributed by atoms with Crippen molar-refractivity contribution in [3.05, 3.63) is 58.1 Å². The van der Waals surface area contributed by atoms with Crippen LogP contribution in [0.25, 0.3) is 11.0 Å². The fourth-order valence-corrected chi connectivity index (χ4v) is 3.74. The lowest BCUT2D eigenvalue weighted by molar-refractivity contribution is 0.0962. The van der Waals surface area contributed by atoms with E-state index in [1.807, 2.05) is 36.4 Å². The van der Waals surface area contributed by atoms with Crippen LogP contribution in [-0.2, 0) is 6.42 Å². The quantitative estimate of drug-likeness (QED) is 0.647. The summed E-state index contributed by atoms with van der Waals surface area (Å²) in [5.41, 5.74) is 4.42. The molecule has 0 unspecified atom stereocenters. The molecule has 1 aliphatic rings. The zero-order valence-electron chi connectivity index (χ0n) is 15.2. The topological polar surface area (TPSA) is 73.1 Å². The smallest absolute Gasteiger partial charge is 0.251 e. The second-order valence-corrected chi connectivity index (χ2v) is 7.11. The lowest BCUT2D eigenvalue weighted by Gasteiger charge is -2.26. The molecule has 1 amide bonds. The van der Waals surface area contributed by atoms with Crippen LogP contribution < -0.4 is 15.5 Å². The van der Waals surface area contributed by atoms with E-state index in [9.17, 15) is 4.79 Å². The Bertz CT molecular complexity index is 978. The molecule has 0 aliphatic carbocycles. The highest BCUT2D eigenvalue weighted by Crippen LogP contribution is 2.27. The number of carbonyl (C=O) groups excluding carboxylic acids is 1. The average Bonchev–Trinajstić information content (AvgIpc) is 3.13. The number of aromatic amines is 1. The molecule has 2 heterocycles. The van der Waals surface area contributed by atoms with Gasteiger partial charge in [-0.15, -0.1) is 0 Å². The molecule has 1 aliphatic heterocycles. The van der Waals surface area contributed by atoms with E-state index in [1.54, 1.807) is 7.05 Å². The Balaban J connectivity index is 1.81. The highest BCUT2D eigenvalue weighted by molar-refractivity contribution is 6.30. The van der Waals surface area contributed by atoms with Crippen LogP contribution in [0.4, 0.5) is 5.95 Å². The van der Waals surface area contributed by atoms with Crippen molar-refractivity contribution in [2.24, 2.45) is 0 Å². The van der Waals surface area contributed by atoms with E-state index in [1.165, 1.54) is 0 Å². The summed E-state index contributed by atoms with van der Waals surface area (Å²) in [5.74, 6) is 0.750. The summed E-state index contributed by atoms with van der Waals surface area (Å²) in [6, 6.07) is 11.5. The summed E-state index contributed by atoms with van der Waals surface area (Å²) in [6.07, 6.45) is 0.601. The lowest BCUT2D eigenvalue weighted by Crippen LogP contribution is -2.44. The highest BCUT2D eigenvalue weighted by atomic mass is 35.5. The molecule has 27 heavy (non-hydrogen) atoms. The highest BCUT2D eigenvalue weighted by Gasteiger charge is 2.19. The third-order valence-electron chi connectivity index (χ3n) is 4.91. The predicted molar refractivity (Wildman–Crippen MR) is 109 cm³/mol. The molecule has 3 aromatic rings. The molecule has 1 fully saturated rings. The Morgan fingerprint density at radius 3 is 2.81 bits per heavy atom. The third kappa shape index (κ3) is 3.63. The molecule has 0 spiro atoms. The van der Waals surface area contributed by atoms with Crippen LogP contribution >= 0.6 is 11.6 Å². The van der Waals surface area contributed by atoms with Gasteiger partial charge in [0.2, 0.25) is 5.95 Å². The van der Waals surface area contributed by atoms with E-state index in [4.69, 9.17) is 16.6 Å². The number of aromatic nitrogens is 2. The monoisotopic (exact) mass is 383 g/mol. The van der Waals surface area contributed by atoms with Gasteiger partial charge in [-0.1, -0.05) is 23.7 Å². The van der Waals surface area contributed by atoms with Crippen molar-refractivity contribution in [3.63, 3.8) is 0 Å². The van der Waals surface area contributed by atoms with Gasteiger partial charge in [0.25, 0.3) is 5.91 Å². The van der Waals surface area contributed by atoms with Gasteiger partial charge in [0.05, 0.1) is 11.0 Å². The molecule has 0 radical (unpaired) electrons. The lowest BCUT2D eigenvalue weighted by atomic mass is 9.97. The van der Waals surface area contributed by atoms with Crippen molar-refractivity contribution in [1.82, 2.24) is 20.6 Å². The number of anilines is 1. The molecule has 1 aromatic heterocycles. The molecule has 0 atom stereocenters. The summed E-state index contributed by atoms with van der Waals surface area (Å²) in [4.78, 5) is 22.9. The van der Waals surface area contributed by atoms with E-state index in [0.29, 0.717) is 17.0 Å². The number of imidazole rings is 1. The van der Waals surface area contributed by atoms with Gasteiger partial charge >= 0.3 is 0 Å². The number of piperazine rings is 1. The van der Waals surface area contributed by atoms with Crippen LogP contribution in [0.3, 0.4) is 0 Å². The second kappa shape index (κ2) is 7.58. The predicted octanol–water partition coefficient (Wildman–Crippen LogP) is 2.58. The van der Waals surface area contributed by atoms with E-state index < -0.39 is 0 Å². The van der Waals surface area contributed by atoms with Gasteiger partial charge in [0.1, 0.15) is 0 Å². The summed E-state index contributed by atoms with van der Waals surface area (Å²) in [6.45, 7) is 3.70. The normalized spacial score (nSPS) is 14.5. The number of nitrogens with one attached hydrogen (secondary N) is 3. The van der Waals surface area contributed by atoms with Gasteiger partial charge in [0.15, 0.2) is 0 Å². The van der Waals surface area contributed by atoms with Crippen molar-refractivity contribution >= 4 is 34.5 Å². The van der Waals surface area contributed by atoms with Crippen LogP contribution in [0, 0.1) is 0 Å². The number of H-pyrrole nitrogens is 1. The first kappa shape index (κ1) is 17.8. The molecule has 7 heteroatoms. The minimum absolute atomic E-state index is 0.104. The molecule has 6 nitrogen and oxygen atoms in total. The number of halogens is 1. The number of benzene rings is 2. The molecule has 0 saturated carbocycles. The van der Waals surface area contributed by atoms with Crippen molar-refractivity contribution in [1.29, 1.82) is 0 Å². The van der Waals surface area contributed by atoms with Crippen LogP contribution in [0.1, 0.15) is 21.5 Å². The number of amides is 1. The molecular formula is C20H22ClN5O. The van der Waals surface area contributed by atoms with Crippen molar-refractivity contribution in [2.75, 3.05) is 38.1 Å². The molecule has 1 saturated heterocycles. The van der Waals surface area contributed by atoms with E-state index in [2.05, 4.69) is 20.5 Å². The molecule has 4 rings (SSSR count). The first-order valence-corrected chi connectivity index (χ1v) is 9.47. The first-order valence-electron chi connectivity index (χ1n) is 9.09. The Labute approximate surface area is 162 Å². The standard InChI is InChI=1S/C20H22ClN5O/c1-22-19(27)15-5-6-17-18(16(15)12-13-3-2-4-14(21)11-13)25-20(24-17)26-9-7-23-8-10-26/h2-6,11,23H,7-10,12H2,1H3,(H,22,27)(H,24,25). The number of rotatable bonds is 4. The molecular weight excluding hydrogens is 362 g/mol. The number of hydrogen-bond acceptors (Lipinski definition) is 4. The second-order valence-electron chi connectivity index (χ2n) is 6.67. The maximum absolute atomic E-state index is 12.5. The summed E-state index contributed by atoms with van der Waals surface area (Å²) >= 11 is 6.15. The van der Waals surface area contributed by atoms with E-state index >= 15 is 0 Å². The van der Waals surface area contributed by atoms with Crippen LogP contribution in [0.5, 0.6) is 0 Å². The SMILES string of the molecule is CNC(=O)c1ccc2nc(N3CCNCC3)[nH]c2c1Cc1cccc(Cl)c1. The van der Waals surface area contributed by atoms with Gasteiger partial charge in [-0.2, -0.15) is 0 Å². The van der Waals surface area contributed by atoms with Crippen LogP contribution in [-0.4, -0.2) is 49.1 Å². The van der Waals surface area contributed by atoms with E-state index in [-0.39, 0.29) is 5.91 Å². The molecule has 0 bridgehead atoms. The summed E-state index contributed by atoms with van der Waals surface area (Å²) in [7, 11) is 1.65. The zero-order chi connectivity index (χ0) is 18.8. The fraction of sp³-hybridized carbons (Fsp3) is 0.300. The number of fused-ring (bicyclic) bond motifs is 1. The minimum Gasteiger partial charge on any atom is -0.355 e. The molecule has 2 aromatic carbocycles. The van der Waals surface area contributed by atoms with Crippen LogP contribution in [0.2, 0.25) is 5.02 Å². The van der Waals surface area contributed by atoms with Crippen molar-refractivity contribution < 1.29 is 4.79 Å². The number of carbonyl (C=O) groups is 1. The maximum atomic E-state index is 12.5. The zero-order valence-corrected chi connectivity index (χ0v) is 15.9. The minimum atomic E-state index is -0.104. The maximum Gasteiger partial charge on any atom is 0.251 e. The van der Waals surface area contributed by atoms with Gasteiger partial charge in [-0.25, -0.2) is 4.98 Å². The number of nitrogens with zero attached hydrogens (tertiary/aromatic N) is 2. The fourth-order valence-electron chi connectivity index (χ4n) is 3.53. The average molecular weight is 384 g/mol. The Kier molecular flexibility index (Phi) is 5.01. The van der Waals surface area contributed by atoms with Gasteiger partial charge in [-0.05, 0) is 35.4 Å². The summed E-state index contributed by atoms with van der Waals surface area (Å²) in [5, 5.41) is 6.77. The third-order valence-corrected chi connectivity index (χ3v) is 5.15. The summed E-state index contributed by atoms with van der Waals surface area (Å²) < 4.78 is 0. The van der Waals surface area contributed by atoms with E-state index in [0.717, 1.165) is 54.3 Å². The molecule has 3 N–H and O–H groups in total. The Morgan fingerprint density at radius 1 is 1.26 bits per heavy atom. The Morgan fingerprint density at radius 2 is 2.07 bits per heavy atom. The first-order chi connectivity index (χ1) is 13.2. The Hall–Kier alpha value is -2.57.